The highest BCUT2D eigenvalue weighted by Crippen LogP contribution is 2.32. The molecule has 1 aliphatic rings. The Labute approximate surface area is 189 Å². The molecule has 0 N–H and O–H groups in total. The number of fused-ring (bicyclic) bond motifs is 1. The minimum absolute atomic E-state index is 0.286. The standard InChI is InChI=1S/C26H21FN4O2/c27-21-8-6-19(7-9-21)24-22(14-31(30-24)11-10-17-15-32-16-17)25-28-13-20-12-23(33-26(20)29-25)18-4-2-1-3-5-18/h1-9,12-14,17H,10-11,15-16H2. The zero-order valence-electron chi connectivity index (χ0n) is 17.8. The van der Waals surface area contributed by atoms with Gasteiger partial charge in [0.2, 0.25) is 5.71 Å². The van der Waals surface area contributed by atoms with Crippen molar-refractivity contribution in [3.63, 3.8) is 0 Å². The maximum Gasteiger partial charge on any atom is 0.230 e. The lowest BCUT2D eigenvalue weighted by molar-refractivity contribution is -0.0375. The zero-order valence-corrected chi connectivity index (χ0v) is 17.8. The summed E-state index contributed by atoms with van der Waals surface area (Å²) >= 11 is 0. The maximum absolute atomic E-state index is 13.5. The van der Waals surface area contributed by atoms with Gasteiger partial charge in [-0.05, 0) is 36.8 Å². The summed E-state index contributed by atoms with van der Waals surface area (Å²) in [6.07, 6.45) is 4.72. The Bertz CT molecular complexity index is 1410. The Hall–Kier alpha value is -3.84. The van der Waals surface area contributed by atoms with Crippen molar-refractivity contribution >= 4 is 11.1 Å². The Morgan fingerprint density at radius 2 is 1.82 bits per heavy atom. The van der Waals surface area contributed by atoms with Crippen LogP contribution < -0.4 is 0 Å². The van der Waals surface area contributed by atoms with Crippen LogP contribution in [0.15, 0.2) is 77.5 Å². The molecule has 164 valence electrons. The lowest BCUT2D eigenvalue weighted by Crippen LogP contribution is -2.28. The van der Waals surface area contributed by atoms with E-state index in [2.05, 4.69) is 4.98 Å². The number of halogens is 1. The number of aryl methyl sites for hydroxylation is 1. The van der Waals surface area contributed by atoms with Crippen molar-refractivity contribution in [1.29, 1.82) is 0 Å². The number of ether oxygens (including phenoxy) is 1. The van der Waals surface area contributed by atoms with Crippen LogP contribution in [-0.2, 0) is 11.3 Å². The third-order valence-electron chi connectivity index (χ3n) is 5.93. The van der Waals surface area contributed by atoms with Crippen LogP contribution in [0, 0.1) is 11.7 Å². The van der Waals surface area contributed by atoms with E-state index >= 15 is 0 Å². The number of hydrogen-bond donors (Lipinski definition) is 0. The second-order valence-electron chi connectivity index (χ2n) is 8.28. The molecule has 7 heteroatoms. The molecule has 0 unspecified atom stereocenters. The van der Waals surface area contributed by atoms with Gasteiger partial charge in [0.1, 0.15) is 17.3 Å². The molecule has 4 heterocycles. The first-order chi connectivity index (χ1) is 16.2. The highest BCUT2D eigenvalue weighted by Gasteiger charge is 2.21. The molecule has 0 bridgehead atoms. The number of hydrogen-bond acceptors (Lipinski definition) is 5. The van der Waals surface area contributed by atoms with Gasteiger partial charge in [-0.1, -0.05) is 30.3 Å². The van der Waals surface area contributed by atoms with E-state index in [1.54, 1.807) is 18.3 Å². The van der Waals surface area contributed by atoms with Crippen molar-refractivity contribution in [2.45, 2.75) is 13.0 Å². The number of nitrogens with zero attached hydrogens (tertiary/aromatic N) is 4. The highest BCUT2D eigenvalue weighted by molar-refractivity contribution is 5.83. The Morgan fingerprint density at radius 1 is 1.00 bits per heavy atom. The third kappa shape index (κ3) is 3.91. The first-order valence-corrected chi connectivity index (χ1v) is 11.0. The minimum Gasteiger partial charge on any atom is -0.438 e. The summed E-state index contributed by atoms with van der Waals surface area (Å²) in [5.41, 5.74) is 3.81. The number of furan rings is 1. The number of rotatable bonds is 6. The predicted octanol–water partition coefficient (Wildman–Crippen LogP) is 5.60. The van der Waals surface area contributed by atoms with Crippen molar-refractivity contribution in [3.05, 3.63) is 78.9 Å². The fourth-order valence-electron chi connectivity index (χ4n) is 3.99. The van der Waals surface area contributed by atoms with Gasteiger partial charge >= 0.3 is 0 Å². The highest BCUT2D eigenvalue weighted by atomic mass is 19.1. The van der Waals surface area contributed by atoms with Gasteiger partial charge in [-0.2, -0.15) is 10.1 Å². The van der Waals surface area contributed by atoms with Gasteiger partial charge in [-0.15, -0.1) is 0 Å². The molecule has 2 aromatic carbocycles. The van der Waals surface area contributed by atoms with E-state index < -0.39 is 0 Å². The molecule has 6 rings (SSSR count). The van der Waals surface area contributed by atoms with Crippen molar-refractivity contribution in [2.75, 3.05) is 13.2 Å². The van der Waals surface area contributed by atoms with E-state index in [0.717, 1.165) is 54.0 Å². The normalized spacial score (nSPS) is 14.0. The average Bonchev–Trinajstić information content (AvgIpc) is 3.43. The summed E-state index contributed by atoms with van der Waals surface area (Å²) < 4.78 is 26.8. The first kappa shape index (κ1) is 19.8. The summed E-state index contributed by atoms with van der Waals surface area (Å²) in [6, 6.07) is 18.2. The molecule has 6 nitrogen and oxygen atoms in total. The fraction of sp³-hybridized carbons (Fsp3) is 0.192. The average molecular weight is 440 g/mol. The van der Waals surface area contributed by atoms with Crippen molar-refractivity contribution in [2.24, 2.45) is 5.92 Å². The molecular formula is C26H21FN4O2. The number of aromatic nitrogens is 4. The van der Waals surface area contributed by atoms with Crippen LogP contribution in [-0.4, -0.2) is 33.0 Å². The van der Waals surface area contributed by atoms with E-state index in [1.807, 2.05) is 47.3 Å². The summed E-state index contributed by atoms with van der Waals surface area (Å²) in [6.45, 7) is 2.38. The Kier molecular flexibility index (Phi) is 4.96. The molecule has 1 saturated heterocycles. The van der Waals surface area contributed by atoms with Gasteiger partial charge < -0.3 is 9.15 Å². The molecule has 33 heavy (non-hydrogen) atoms. The van der Waals surface area contributed by atoms with Crippen LogP contribution in [0.4, 0.5) is 4.39 Å². The third-order valence-corrected chi connectivity index (χ3v) is 5.93. The molecule has 3 aromatic heterocycles. The van der Waals surface area contributed by atoms with Crippen molar-refractivity contribution in [3.8, 4) is 34.0 Å². The van der Waals surface area contributed by atoms with Gasteiger partial charge in [0.05, 0.1) is 24.2 Å². The molecular weight excluding hydrogens is 419 g/mol. The van der Waals surface area contributed by atoms with Crippen LogP contribution in [0.1, 0.15) is 6.42 Å². The van der Waals surface area contributed by atoms with Gasteiger partial charge in [-0.25, -0.2) is 9.37 Å². The molecule has 5 aromatic rings. The quantitative estimate of drug-likeness (QED) is 0.344. The molecule has 0 amide bonds. The van der Waals surface area contributed by atoms with E-state index in [0.29, 0.717) is 23.1 Å². The molecule has 0 spiro atoms. The molecule has 0 radical (unpaired) electrons. The predicted molar refractivity (Wildman–Crippen MR) is 123 cm³/mol. The van der Waals surface area contributed by atoms with Gasteiger partial charge in [0.15, 0.2) is 5.82 Å². The summed E-state index contributed by atoms with van der Waals surface area (Å²) in [4.78, 5) is 9.31. The Morgan fingerprint density at radius 3 is 2.58 bits per heavy atom. The van der Waals surface area contributed by atoms with Gasteiger partial charge in [-0.3, -0.25) is 4.68 Å². The van der Waals surface area contributed by atoms with Gasteiger partial charge in [0, 0.05) is 36.0 Å². The van der Waals surface area contributed by atoms with Crippen LogP contribution >= 0.6 is 0 Å². The van der Waals surface area contributed by atoms with Crippen LogP contribution in [0.2, 0.25) is 0 Å². The van der Waals surface area contributed by atoms with Crippen molar-refractivity contribution < 1.29 is 13.5 Å². The second-order valence-corrected chi connectivity index (χ2v) is 8.28. The van der Waals surface area contributed by atoms with E-state index in [-0.39, 0.29) is 5.82 Å². The second kappa shape index (κ2) is 8.26. The molecule has 1 fully saturated rings. The van der Waals surface area contributed by atoms with Gasteiger partial charge in [0.25, 0.3) is 0 Å². The minimum atomic E-state index is -0.286. The Balaban J connectivity index is 1.40. The molecule has 0 atom stereocenters. The van der Waals surface area contributed by atoms with Crippen LogP contribution in [0.25, 0.3) is 45.1 Å². The smallest absolute Gasteiger partial charge is 0.230 e. The lowest BCUT2D eigenvalue weighted by atomic mass is 10.0. The largest absolute Gasteiger partial charge is 0.438 e. The zero-order chi connectivity index (χ0) is 22.2. The van der Waals surface area contributed by atoms with Crippen LogP contribution in [0.5, 0.6) is 0 Å². The summed E-state index contributed by atoms with van der Waals surface area (Å²) in [5, 5.41) is 5.62. The molecule has 0 saturated carbocycles. The van der Waals surface area contributed by atoms with E-state index in [9.17, 15) is 4.39 Å². The number of benzene rings is 2. The first-order valence-electron chi connectivity index (χ1n) is 11.0. The molecule has 1 aliphatic heterocycles. The maximum atomic E-state index is 13.5. The summed E-state index contributed by atoms with van der Waals surface area (Å²) in [7, 11) is 0. The van der Waals surface area contributed by atoms with E-state index in [1.165, 1.54) is 12.1 Å². The SMILES string of the molecule is Fc1ccc(-c2nn(CCC3COC3)cc2-c2ncc3cc(-c4ccccc4)oc3n2)cc1. The molecule has 0 aliphatic carbocycles. The fourth-order valence-corrected chi connectivity index (χ4v) is 3.99. The monoisotopic (exact) mass is 440 g/mol. The van der Waals surface area contributed by atoms with E-state index in [4.69, 9.17) is 19.2 Å². The summed E-state index contributed by atoms with van der Waals surface area (Å²) in [5.74, 6) is 1.55. The topological polar surface area (TPSA) is 66.0 Å². The van der Waals surface area contributed by atoms with Crippen LogP contribution in [0.3, 0.4) is 0 Å². The lowest BCUT2D eigenvalue weighted by Gasteiger charge is -2.25. The van der Waals surface area contributed by atoms with Crippen molar-refractivity contribution in [1.82, 2.24) is 19.7 Å².